The van der Waals surface area contributed by atoms with Crippen molar-refractivity contribution in [3.8, 4) is 5.75 Å². The smallest absolute Gasteiger partial charge is 0.229 e. The van der Waals surface area contributed by atoms with Gasteiger partial charge < -0.3 is 35.0 Å². The standard InChI is InChI=1S/C16H24O7/c1-9(18)2-3-10-4-6-11(7-5-10)22-16-15(21)14(20)13(19)12(8-17)23-16/h4-7,9,12-21H,2-3,8H2,1H3/t9-,12+,13+,14-,15+,16+/m0/s1. The Bertz CT molecular complexity index is 474. The van der Waals surface area contributed by atoms with Gasteiger partial charge in [-0.1, -0.05) is 12.1 Å². The summed E-state index contributed by atoms with van der Waals surface area (Å²) in [4.78, 5) is 0. The Morgan fingerprint density at radius 3 is 2.30 bits per heavy atom. The number of ether oxygens (including phenoxy) is 2. The zero-order chi connectivity index (χ0) is 17.0. The van der Waals surface area contributed by atoms with Crippen LogP contribution in [0.4, 0.5) is 0 Å². The zero-order valence-corrected chi connectivity index (χ0v) is 12.9. The van der Waals surface area contributed by atoms with Crippen LogP contribution >= 0.6 is 0 Å². The summed E-state index contributed by atoms with van der Waals surface area (Å²) in [5.74, 6) is 0.426. The molecule has 1 aliphatic rings. The van der Waals surface area contributed by atoms with Crippen LogP contribution in [0.25, 0.3) is 0 Å². The summed E-state index contributed by atoms with van der Waals surface area (Å²) < 4.78 is 10.8. The topological polar surface area (TPSA) is 120 Å². The molecule has 7 heteroatoms. The van der Waals surface area contributed by atoms with E-state index in [4.69, 9.17) is 14.6 Å². The largest absolute Gasteiger partial charge is 0.462 e. The Labute approximate surface area is 134 Å². The van der Waals surface area contributed by atoms with Gasteiger partial charge in [0.1, 0.15) is 30.2 Å². The number of hydrogen-bond acceptors (Lipinski definition) is 7. The van der Waals surface area contributed by atoms with E-state index in [0.29, 0.717) is 12.2 Å². The fourth-order valence-corrected chi connectivity index (χ4v) is 2.41. The Hall–Kier alpha value is -1.22. The lowest BCUT2D eigenvalue weighted by Gasteiger charge is -2.39. The Kier molecular flexibility index (Phi) is 6.34. The molecule has 0 aliphatic carbocycles. The van der Waals surface area contributed by atoms with Crippen molar-refractivity contribution < 1.29 is 35.0 Å². The van der Waals surface area contributed by atoms with Crippen LogP contribution in [-0.4, -0.2) is 68.9 Å². The summed E-state index contributed by atoms with van der Waals surface area (Å²) in [7, 11) is 0. The molecule has 0 spiro atoms. The van der Waals surface area contributed by atoms with Crippen LogP contribution in [0.3, 0.4) is 0 Å². The van der Waals surface area contributed by atoms with Gasteiger partial charge in [-0.3, -0.25) is 0 Å². The molecule has 2 rings (SSSR count). The molecule has 1 aliphatic heterocycles. The molecule has 7 nitrogen and oxygen atoms in total. The number of hydrogen-bond donors (Lipinski definition) is 5. The molecule has 0 amide bonds. The van der Waals surface area contributed by atoms with E-state index in [0.717, 1.165) is 12.0 Å². The van der Waals surface area contributed by atoms with E-state index in [2.05, 4.69) is 0 Å². The van der Waals surface area contributed by atoms with Crippen LogP contribution in [-0.2, 0) is 11.2 Å². The van der Waals surface area contributed by atoms with Crippen molar-refractivity contribution in [1.29, 1.82) is 0 Å². The second-order valence-electron chi connectivity index (χ2n) is 5.85. The van der Waals surface area contributed by atoms with Gasteiger partial charge >= 0.3 is 0 Å². The van der Waals surface area contributed by atoms with E-state index in [1.165, 1.54) is 0 Å². The fraction of sp³-hybridized carbons (Fsp3) is 0.625. The van der Waals surface area contributed by atoms with Crippen molar-refractivity contribution in [2.24, 2.45) is 0 Å². The van der Waals surface area contributed by atoms with Crippen LogP contribution in [0.5, 0.6) is 5.75 Å². The first-order chi connectivity index (χ1) is 10.9. The van der Waals surface area contributed by atoms with Crippen LogP contribution in [0.1, 0.15) is 18.9 Å². The van der Waals surface area contributed by atoms with Gasteiger partial charge in [-0.15, -0.1) is 0 Å². The molecule has 1 heterocycles. The Balaban J connectivity index is 1.97. The Morgan fingerprint density at radius 2 is 1.74 bits per heavy atom. The highest BCUT2D eigenvalue weighted by atomic mass is 16.7. The van der Waals surface area contributed by atoms with E-state index < -0.39 is 37.3 Å². The molecular weight excluding hydrogens is 304 g/mol. The third kappa shape index (κ3) is 4.63. The van der Waals surface area contributed by atoms with Gasteiger partial charge in [-0.2, -0.15) is 0 Å². The summed E-state index contributed by atoms with van der Waals surface area (Å²) in [6.45, 7) is 1.24. The maximum Gasteiger partial charge on any atom is 0.229 e. The lowest BCUT2D eigenvalue weighted by atomic mass is 9.99. The highest BCUT2D eigenvalue weighted by molar-refractivity contribution is 5.27. The van der Waals surface area contributed by atoms with Crippen molar-refractivity contribution in [3.05, 3.63) is 29.8 Å². The maximum atomic E-state index is 9.91. The van der Waals surface area contributed by atoms with E-state index >= 15 is 0 Å². The SMILES string of the molecule is C[C@H](O)CCc1ccc(O[C@@H]2O[C@H](CO)[C@@H](O)[C@H](O)[C@H]2O)cc1. The molecule has 0 unspecified atom stereocenters. The molecule has 6 atom stereocenters. The average molecular weight is 328 g/mol. The minimum absolute atomic E-state index is 0.361. The molecule has 1 saturated heterocycles. The fourth-order valence-electron chi connectivity index (χ4n) is 2.41. The number of aryl methyl sites for hydroxylation is 1. The van der Waals surface area contributed by atoms with Crippen LogP contribution in [0.15, 0.2) is 24.3 Å². The molecule has 5 N–H and O–H groups in total. The van der Waals surface area contributed by atoms with Crippen molar-refractivity contribution >= 4 is 0 Å². The zero-order valence-electron chi connectivity index (χ0n) is 12.9. The summed E-state index contributed by atoms with van der Waals surface area (Å²) >= 11 is 0. The van der Waals surface area contributed by atoms with E-state index in [-0.39, 0.29) is 6.10 Å². The van der Waals surface area contributed by atoms with E-state index in [9.17, 15) is 20.4 Å². The molecule has 0 bridgehead atoms. The van der Waals surface area contributed by atoms with Gasteiger partial charge in [0.15, 0.2) is 0 Å². The van der Waals surface area contributed by atoms with Crippen LogP contribution in [0, 0.1) is 0 Å². The Morgan fingerprint density at radius 1 is 1.09 bits per heavy atom. The van der Waals surface area contributed by atoms with Crippen molar-refractivity contribution in [2.75, 3.05) is 6.61 Å². The third-order valence-corrected chi connectivity index (χ3v) is 3.87. The molecule has 0 aromatic heterocycles. The highest BCUT2D eigenvalue weighted by Gasteiger charge is 2.44. The quantitative estimate of drug-likeness (QED) is 0.463. The van der Waals surface area contributed by atoms with E-state index in [1.807, 2.05) is 12.1 Å². The monoisotopic (exact) mass is 328 g/mol. The van der Waals surface area contributed by atoms with E-state index in [1.54, 1.807) is 19.1 Å². The minimum atomic E-state index is -1.46. The van der Waals surface area contributed by atoms with Gasteiger partial charge in [0.25, 0.3) is 0 Å². The molecule has 1 aromatic rings. The number of rotatable bonds is 6. The second kappa shape index (κ2) is 8.05. The third-order valence-electron chi connectivity index (χ3n) is 3.87. The lowest BCUT2D eigenvalue weighted by molar-refractivity contribution is -0.277. The summed E-state index contributed by atoms with van der Waals surface area (Å²) in [6, 6.07) is 7.06. The van der Waals surface area contributed by atoms with Crippen LogP contribution in [0.2, 0.25) is 0 Å². The van der Waals surface area contributed by atoms with Crippen molar-refractivity contribution in [1.82, 2.24) is 0 Å². The average Bonchev–Trinajstić information content (AvgIpc) is 2.54. The summed E-state index contributed by atoms with van der Waals surface area (Å²) in [5, 5.41) is 47.8. The van der Waals surface area contributed by atoms with Gasteiger partial charge in [0, 0.05) is 0 Å². The van der Waals surface area contributed by atoms with Gasteiger partial charge in [0.2, 0.25) is 6.29 Å². The lowest BCUT2D eigenvalue weighted by Crippen LogP contribution is -2.60. The first-order valence-electron chi connectivity index (χ1n) is 7.66. The van der Waals surface area contributed by atoms with Crippen LogP contribution < -0.4 is 4.74 Å². The number of aliphatic hydroxyl groups excluding tert-OH is 5. The highest BCUT2D eigenvalue weighted by Crippen LogP contribution is 2.24. The second-order valence-corrected chi connectivity index (χ2v) is 5.85. The molecule has 0 radical (unpaired) electrons. The number of benzene rings is 1. The van der Waals surface area contributed by atoms with Gasteiger partial charge in [-0.05, 0) is 37.5 Å². The van der Waals surface area contributed by atoms with Gasteiger partial charge in [-0.25, -0.2) is 0 Å². The summed E-state index contributed by atoms with van der Waals surface area (Å²) in [6.07, 6.45) is -5.44. The predicted molar refractivity (Wildman–Crippen MR) is 80.8 cm³/mol. The van der Waals surface area contributed by atoms with Crippen molar-refractivity contribution in [2.45, 2.75) is 56.6 Å². The normalized spacial score (nSPS) is 32.5. The maximum absolute atomic E-state index is 9.91. The molecule has 0 saturated carbocycles. The summed E-state index contributed by atoms with van der Waals surface area (Å²) in [5.41, 5.74) is 1.03. The van der Waals surface area contributed by atoms with Crippen molar-refractivity contribution in [3.63, 3.8) is 0 Å². The molecular formula is C16H24O7. The first kappa shape index (κ1) is 18.1. The molecule has 1 aromatic carbocycles. The minimum Gasteiger partial charge on any atom is -0.462 e. The van der Waals surface area contributed by atoms with Gasteiger partial charge in [0.05, 0.1) is 12.7 Å². The predicted octanol–water partition coefficient (Wildman–Crippen LogP) is -0.821. The molecule has 130 valence electrons. The first-order valence-corrected chi connectivity index (χ1v) is 7.66. The number of aliphatic hydroxyl groups is 5. The molecule has 23 heavy (non-hydrogen) atoms. The molecule has 1 fully saturated rings.